The van der Waals surface area contributed by atoms with Crippen molar-refractivity contribution in [2.75, 3.05) is 33.1 Å². The number of methoxy groups -OCH3 is 1. The predicted molar refractivity (Wildman–Crippen MR) is 111 cm³/mol. The topological polar surface area (TPSA) is 84.9 Å². The third-order valence-electron chi connectivity index (χ3n) is 6.25. The highest BCUT2D eigenvalue weighted by Gasteiger charge is 2.52. The molecule has 1 atom stereocenters. The smallest absolute Gasteiger partial charge is 0.225 e. The lowest BCUT2D eigenvalue weighted by Crippen LogP contribution is -2.42. The lowest BCUT2D eigenvalue weighted by Gasteiger charge is -2.37. The molecule has 1 unspecified atom stereocenters. The van der Waals surface area contributed by atoms with Crippen LogP contribution in [0.4, 0.5) is 0 Å². The number of hydrogen-bond donors (Lipinski definition) is 1. The quantitative estimate of drug-likeness (QED) is 0.727. The van der Waals surface area contributed by atoms with Crippen LogP contribution in [0.1, 0.15) is 44.6 Å². The molecule has 1 spiro atoms. The average Bonchev–Trinajstić information content (AvgIpc) is 3.06. The van der Waals surface area contributed by atoms with Gasteiger partial charge in [0.2, 0.25) is 15.9 Å². The first-order valence-corrected chi connectivity index (χ1v) is 12.2. The summed E-state index contributed by atoms with van der Waals surface area (Å²) in [6.45, 7) is 3.56. The number of ether oxygens (including phenoxy) is 2. The average molecular weight is 425 g/mol. The van der Waals surface area contributed by atoms with Crippen molar-refractivity contribution in [3.63, 3.8) is 0 Å². The molecule has 1 saturated heterocycles. The van der Waals surface area contributed by atoms with Gasteiger partial charge < -0.3 is 14.8 Å². The summed E-state index contributed by atoms with van der Waals surface area (Å²) in [7, 11) is -1.72. The number of hydrogen-bond acceptors (Lipinski definition) is 5. The number of amides is 1. The number of benzene rings is 1. The summed E-state index contributed by atoms with van der Waals surface area (Å²) >= 11 is 0. The van der Waals surface area contributed by atoms with Gasteiger partial charge in [0, 0.05) is 19.6 Å². The molecule has 29 heavy (non-hydrogen) atoms. The van der Waals surface area contributed by atoms with Gasteiger partial charge in [-0.05, 0) is 42.9 Å². The molecule has 2 aliphatic rings. The minimum Gasteiger partial charge on any atom is -0.493 e. The summed E-state index contributed by atoms with van der Waals surface area (Å²) in [6.07, 6.45) is 6.31. The van der Waals surface area contributed by atoms with Crippen LogP contribution in [0.25, 0.3) is 0 Å². The number of rotatable bonds is 7. The highest BCUT2D eigenvalue weighted by Crippen LogP contribution is 2.48. The molecule has 0 radical (unpaired) electrons. The molecular weight excluding hydrogens is 392 g/mol. The zero-order valence-electron chi connectivity index (χ0n) is 17.6. The van der Waals surface area contributed by atoms with E-state index in [1.54, 1.807) is 7.11 Å². The molecular formula is C21H32N2O5S. The molecule has 1 heterocycles. The van der Waals surface area contributed by atoms with Gasteiger partial charge in [-0.1, -0.05) is 25.3 Å². The SMILES string of the molecule is CCOc1ccc(CNC(=O)C2CN(S(C)(=O)=O)CC23CCCCC3)cc1OC. The number of nitrogens with zero attached hydrogens (tertiary/aromatic N) is 1. The van der Waals surface area contributed by atoms with Crippen LogP contribution in [0.2, 0.25) is 0 Å². The molecule has 8 heteroatoms. The van der Waals surface area contributed by atoms with E-state index in [0.717, 1.165) is 37.7 Å². The van der Waals surface area contributed by atoms with Gasteiger partial charge in [0.25, 0.3) is 0 Å². The van der Waals surface area contributed by atoms with Crippen molar-refractivity contribution in [3.05, 3.63) is 23.8 Å². The van der Waals surface area contributed by atoms with Gasteiger partial charge in [0.1, 0.15) is 0 Å². The van der Waals surface area contributed by atoms with Gasteiger partial charge in [0.05, 0.1) is 25.9 Å². The predicted octanol–water partition coefficient (Wildman–Crippen LogP) is 2.55. The normalized spacial score (nSPS) is 21.8. The van der Waals surface area contributed by atoms with E-state index in [-0.39, 0.29) is 23.8 Å². The minimum atomic E-state index is -3.31. The maximum Gasteiger partial charge on any atom is 0.225 e. The Balaban J connectivity index is 1.71. The minimum absolute atomic E-state index is 0.0640. The zero-order chi connectivity index (χ0) is 21.1. The van der Waals surface area contributed by atoms with E-state index in [9.17, 15) is 13.2 Å². The molecule has 162 valence electrons. The van der Waals surface area contributed by atoms with Crippen LogP contribution in [0.15, 0.2) is 18.2 Å². The van der Waals surface area contributed by atoms with E-state index in [2.05, 4.69) is 5.32 Å². The lowest BCUT2D eigenvalue weighted by atomic mass is 9.67. The van der Waals surface area contributed by atoms with Crippen LogP contribution in [0.3, 0.4) is 0 Å². The molecule has 1 amide bonds. The van der Waals surface area contributed by atoms with Crippen LogP contribution in [-0.4, -0.2) is 51.7 Å². The lowest BCUT2D eigenvalue weighted by molar-refractivity contribution is -0.128. The Bertz CT molecular complexity index is 833. The van der Waals surface area contributed by atoms with Gasteiger partial charge in [-0.15, -0.1) is 0 Å². The van der Waals surface area contributed by atoms with Crippen molar-refractivity contribution in [1.82, 2.24) is 9.62 Å². The second-order valence-corrected chi connectivity index (χ2v) is 10.1. The number of carbonyl (C=O) groups excluding carboxylic acids is 1. The third kappa shape index (κ3) is 4.86. The standard InChI is InChI=1S/C21H32N2O5S/c1-4-28-18-9-8-16(12-19(18)27-2)13-22-20(24)17-14-23(29(3,25)26)15-21(17)10-6-5-7-11-21/h8-9,12,17H,4-7,10-11,13-15H2,1-3H3,(H,22,24). The molecule has 3 rings (SSSR count). The number of nitrogens with one attached hydrogen (secondary N) is 1. The molecule has 0 bridgehead atoms. The summed E-state index contributed by atoms with van der Waals surface area (Å²) in [5, 5.41) is 3.03. The first kappa shape index (κ1) is 21.9. The Labute approximate surface area is 173 Å². The van der Waals surface area contributed by atoms with Gasteiger partial charge >= 0.3 is 0 Å². The monoisotopic (exact) mass is 424 g/mol. The number of sulfonamides is 1. The van der Waals surface area contributed by atoms with Gasteiger partial charge in [-0.25, -0.2) is 12.7 Å². The summed E-state index contributed by atoms with van der Waals surface area (Å²) in [5.74, 6) is 0.935. The maximum absolute atomic E-state index is 13.1. The second-order valence-electron chi connectivity index (χ2n) is 8.17. The highest BCUT2D eigenvalue weighted by atomic mass is 32.2. The zero-order valence-corrected chi connectivity index (χ0v) is 18.4. The van der Waals surface area contributed by atoms with E-state index < -0.39 is 10.0 Å². The van der Waals surface area contributed by atoms with Crippen molar-refractivity contribution < 1.29 is 22.7 Å². The summed E-state index contributed by atoms with van der Waals surface area (Å²) < 4.78 is 36.7. The maximum atomic E-state index is 13.1. The Morgan fingerprint density at radius 3 is 2.59 bits per heavy atom. The van der Waals surface area contributed by atoms with Crippen molar-refractivity contribution in [2.45, 2.75) is 45.6 Å². The van der Waals surface area contributed by atoms with Crippen molar-refractivity contribution >= 4 is 15.9 Å². The molecule has 2 fully saturated rings. The Kier molecular flexibility index (Phi) is 6.73. The fourth-order valence-electron chi connectivity index (χ4n) is 4.71. The summed E-state index contributed by atoms with van der Waals surface area (Å²) in [4.78, 5) is 13.1. The van der Waals surface area contributed by atoms with Crippen LogP contribution in [0.5, 0.6) is 11.5 Å². The van der Waals surface area contributed by atoms with Gasteiger partial charge in [0.15, 0.2) is 11.5 Å². The Morgan fingerprint density at radius 2 is 1.97 bits per heavy atom. The van der Waals surface area contributed by atoms with E-state index in [1.165, 1.54) is 10.6 Å². The molecule has 1 aliphatic carbocycles. The molecule has 1 N–H and O–H groups in total. The van der Waals surface area contributed by atoms with Crippen LogP contribution in [0, 0.1) is 11.3 Å². The van der Waals surface area contributed by atoms with Gasteiger partial charge in [-0.2, -0.15) is 0 Å². The largest absolute Gasteiger partial charge is 0.493 e. The summed E-state index contributed by atoms with van der Waals surface area (Å²) in [5.41, 5.74) is 0.677. The van der Waals surface area contributed by atoms with Crippen molar-refractivity contribution in [2.24, 2.45) is 11.3 Å². The first-order valence-electron chi connectivity index (χ1n) is 10.3. The van der Waals surface area contributed by atoms with Crippen molar-refractivity contribution in [1.29, 1.82) is 0 Å². The molecule has 1 aliphatic heterocycles. The Morgan fingerprint density at radius 1 is 1.24 bits per heavy atom. The van der Waals surface area contributed by atoms with Gasteiger partial charge in [-0.3, -0.25) is 4.79 Å². The van der Waals surface area contributed by atoms with Crippen molar-refractivity contribution in [3.8, 4) is 11.5 Å². The van der Waals surface area contributed by atoms with Crippen LogP contribution >= 0.6 is 0 Å². The molecule has 7 nitrogen and oxygen atoms in total. The summed E-state index contributed by atoms with van der Waals surface area (Å²) in [6, 6.07) is 5.61. The Hall–Kier alpha value is -1.80. The highest BCUT2D eigenvalue weighted by molar-refractivity contribution is 7.88. The molecule has 1 aromatic rings. The molecule has 1 aromatic carbocycles. The number of carbonyl (C=O) groups is 1. The van der Waals surface area contributed by atoms with Crippen LogP contribution < -0.4 is 14.8 Å². The van der Waals surface area contributed by atoms with E-state index in [0.29, 0.717) is 31.2 Å². The first-order chi connectivity index (χ1) is 13.8. The fraction of sp³-hybridized carbons (Fsp3) is 0.667. The van der Waals surface area contributed by atoms with E-state index >= 15 is 0 Å². The van der Waals surface area contributed by atoms with E-state index in [1.807, 2.05) is 25.1 Å². The fourth-order valence-corrected chi connectivity index (χ4v) is 5.62. The van der Waals surface area contributed by atoms with Crippen LogP contribution in [-0.2, 0) is 21.4 Å². The molecule has 0 aromatic heterocycles. The molecule has 1 saturated carbocycles. The third-order valence-corrected chi connectivity index (χ3v) is 7.46. The second kappa shape index (κ2) is 8.92. The van der Waals surface area contributed by atoms with E-state index in [4.69, 9.17) is 9.47 Å².